The van der Waals surface area contributed by atoms with Crippen molar-refractivity contribution >= 4 is 17.5 Å². The number of H-pyrrole nitrogens is 1. The number of ether oxygens (including phenoxy) is 2. The molecule has 0 aliphatic carbocycles. The van der Waals surface area contributed by atoms with Gasteiger partial charge in [-0.3, -0.25) is 9.89 Å². The van der Waals surface area contributed by atoms with Crippen molar-refractivity contribution in [3.05, 3.63) is 64.8 Å². The number of aromatic nitrogens is 2. The third-order valence-corrected chi connectivity index (χ3v) is 4.56. The van der Waals surface area contributed by atoms with E-state index in [1.807, 2.05) is 43.3 Å². The van der Waals surface area contributed by atoms with E-state index in [9.17, 15) is 4.79 Å². The van der Waals surface area contributed by atoms with E-state index >= 15 is 0 Å². The molecule has 0 aliphatic heterocycles. The number of rotatable bonds is 6. The second-order valence-electron chi connectivity index (χ2n) is 5.96. The molecule has 0 saturated carbocycles. The highest BCUT2D eigenvalue weighted by Crippen LogP contribution is 2.30. The van der Waals surface area contributed by atoms with Gasteiger partial charge in [0.1, 0.15) is 5.69 Å². The predicted molar refractivity (Wildman–Crippen MR) is 104 cm³/mol. The van der Waals surface area contributed by atoms with Gasteiger partial charge in [-0.05, 0) is 36.8 Å². The number of benzene rings is 2. The van der Waals surface area contributed by atoms with E-state index in [0.717, 1.165) is 11.1 Å². The minimum atomic E-state index is -0.261. The number of hydrogen-bond acceptors (Lipinski definition) is 4. The maximum atomic E-state index is 12.6. The molecule has 1 aromatic heterocycles. The van der Waals surface area contributed by atoms with Crippen molar-refractivity contribution in [1.29, 1.82) is 0 Å². The number of carbonyl (C=O) groups is 1. The molecule has 6 nitrogen and oxygen atoms in total. The zero-order valence-electron chi connectivity index (χ0n) is 15.2. The first-order valence-corrected chi connectivity index (χ1v) is 8.74. The van der Waals surface area contributed by atoms with Crippen molar-refractivity contribution in [2.24, 2.45) is 0 Å². The molecule has 0 unspecified atom stereocenters. The lowest BCUT2D eigenvalue weighted by Gasteiger charge is -2.16. The van der Waals surface area contributed by atoms with Gasteiger partial charge in [-0.15, -0.1) is 0 Å². The van der Waals surface area contributed by atoms with Crippen LogP contribution in [0, 0.1) is 0 Å². The van der Waals surface area contributed by atoms with Gasteiger partial charge < -0.3 is 14.8 Å². The summed E-state index contributed by atoms with van der Waals surface area (Å²) in [4.78, 5) is 12.6. The average molecular weight is 386 g/mol. The highest BCUT2D eigenvalue weighted by molar-refractivity contribution is 6.33. The lowest BCUT2D eigenvalue weighted by atomic mass is 10.1. The topological polar surface area (TPSA) is 76.2 Å². The minimum Gasteiger partial charge on any atom is -0.493 e. The molecule has 0 fully saturated rings. The van der Waals surface area contributed by atoms with E-state index in [0.29, 0.717) is 27.9 Å². The van der Waals surface area contributed by atoms with Crippen molar-refractivity contribution in [1.82, 2.24) is 15.5 Å². The molecule has 3 aromatic rings. The number of hydrogen-bond donors (Lipinski definition) is 2. The third-order valence-electron chi connectivity index (χ3n) is 4.23. The Kier molecular flexibility index (Phi) is 5.66. The van der Waals surface area contributed by atoms with Gasteiger partial charge in [0.05, 0.1) is 31.0 Å². The average Bonchev–Trinajstić information content (AvgIpc) is 3.17. The summed E-state index contributed by atoms with van der Waals surface area (Å²) < 4.78 is 10.6. The molecule has 27 heavy (non-hydrogen) atoms. The van der Waals surface area contributed by atoms with Crippen molar-refractivity contribution in [3.63, 3.8) is 0 Å². The normalized spacial score (nSPS) is 11.7. The fraction of sp³-hybridized carbons (Fsp3) is 0.200. The summed E-state index contributed by atoms with van der Waals surface area (Å²) in [6, 6.07) is 14.3. The predicted octanol–water partition coefficient (Wildman–Crippen LogP) is 4.24. The Morgan fingerprint density at radius 3 is 2.56 bits per heavy atom. The molecule has 0 saturated heterocycles. The highest BCUT2D eigenvalue weighted by Gasteiger charge is 2.17. The Bertz CT molecular complexity index is 955. The maximum absolute atomic E-state index is 12.6. The molecule has 0 aliphatic rings. The fourth-order valence-corrected chi connectivity index (χ4v) is 2.96. The van der Waals surface area contributed by atoms with Gasteiger partial charge in [-0.2, -0.15) is 5.10 Å². The molecule has 0 bridgehead atoms. The van der Waals surface area contributed by atoms with E-state index in [4.69, 9.17) is 21.1 Å². The molecule has 1 atom stereocenters. The fourth-order valence-electron chi connectivity index (χ4n) is 2.72. The summed E-state index contributed by atoms with van der Waals surface area (Å²) in [6.45, 7) is 1.89. The molecule has 2 aromatic carbocycles. The molecule has 0 radical (unpaired) electrons. The number of amides is 1. The van der Waals surface area contributed by atoms with Crippen molar-refractivity contribution in [2.45, 2.75) is 13.0 Å². The molecule has 3 rings (SSSR count). The Hall–Kier alpha value is -2.99. The van der Waals surface area contributed by atoms with Crippen LogP contribution >= 0.6 is 11.6 Å². The van der Waals surface area contributed by atoms with Gasteiger partial charge in [0.25, 0.3) is 5.91 Å². The molecular weight excluding hydrogens is 366 g/mol. The van der Waals surface area contributed by atoms with Crippen molar-refractivity contribution in [2.75, 3.05) is 14.2 Å². The SMILES string of the molecule is COc1ccc([C@@H](C)NC(=O)c2cc(-c3ccccc3Cl)n[nH]2)cc1OC. The van der Waals surface area contributed by atoms with Crippen LogP contribution in [0.15, 0.2) is 48.5 Å². The number of methoxy groups -OCH3 is 2. The van der Waals surface area contributed by atoms with Crippen LogP contribution in [0.1, 0.15) is 29.0 Å². The van der Waals surface area contributed by atoms with E-state index in [2.05, 4.69) is 15.5 Å². The Morgan fingerprint density at radius 1 is 1.11 bits per heavy atom. The van der Waals surface area contributed by atoms with Crippen LogP contribution in [-0.4, -0.2) is 30.3 Å². The van der Waals surface area contributed by atoms with Crippen LogP contribution in [0.5, 0.6) is 11.5 Å². The third kappa shape index (κ3) is 4.06. The van der Waals surface area contributed by atoms with Gasteiger partial charge in [-0.25, -0.2) is 0 Å². The molecule has 1 heterocycles. The maximum Gasteiger partial charge on any atom is 0.269 e. The van der Waals surface area contributed by atoms with Gasteiger partial charge in [0.15, 0.2) is 11.5 Å². The molecular formula is C20H20ClN3O3. The number of nitrogens with one attached hydrogen (secondary N) is 2. The number of nitrogens with zero attached hydrogens (tertiary/aromatic N) is 1. The van der Waals surface area contributed by atoms with Crippen LogP contribution in [0.3, 0.4) is 0 Å². The van der Waals surface area contributed by atoms with Crippen LogP contribution < -0.4 is 14.8 Å². The summed E-state index contributed by atoms with van der Waals surface area (Å²) in [5.74, 6) is 0.986. The summed E-state index contributed by atoms with van der Waals surface area (Å²) >= 11 is 6.19. The standard InChI is InChI=1S/C20H20ClN3O3/c1-12(13-8-9-18(26-2)19(10-13)27-3)22-20(25)17-11-16(23-24-17)14-6-4-5-7-15(14)21/h4-12H,1-3H3,(H,22,25)(H,23,24)/t12-/m1/s1. The van der Waals surface area contributed by atoms with E-state index < -0.39 is 0 Å². The Balaban J connectivity index is 1.75. The van der Waals surface area contributed by atoms with E-state index in [-0.39, 0.29) is 11.9 Å². The number of carbonyl (C=O) groups excluding carboxylic acids is 1. The molecule has 140 valence electrons. The number of halogens is 1. The second kappa shape index (κ2) is 8.14. The first-order chi connectivity index (χ1) is 13.0. The summed E-state index contributed by atoms with van der Waals surface area (Å²) in [6.07, 6.45) is 0. The number of aromatic amines is 1. The Labute approximate surface area is 162 Å². The van der Waals surface area contributed by atoms with E-state index in [1.54, 1.807) is 26.4 Å². The largest absolute Gasteiger partial charge is 0.493 e. The molecule has 7 heteroatoms. The first-order valence-electron chi connectivity index (χ1n) is 8.36. The summed E-state index contributed by atoms with van der Waals surface area (Å²) in [5.41, 5.74) is 2.64. The lowest BCUT2D eigenvalue weighted by Crippen LogP contribution is -2.27. The van der Waals surface area contributed by atoms with Crippen molar-refractivity contribution in [3.8, 4) is 22.8 Å². The van der Waals surface area contributed by atoms with Gasteiger partial charge in [0.2, 0.25) is 0 Å². The second-order valence-corrected chi connectivity index (χ2v) is 6.36. The van der Waals surface area contributed by atoms with Gasteiger partial charge in [0, 0.05) is 5.56 Å². The van der Waals surface area contributed by atoms with Crippen LogP contribution in [-0.2, 0) is 0 Å². The first kappa shape index (κ1) is 18.8. The Morgan fingerprint density at radius 2 is 1.85 bits per heavy atom. The highest BCUT2D eigenvalue weighted by atomic mass is 35.5. The van der Waals surface area contributed by atoms with Crippen LogP contribution in [0.4, 0.5) is 0 Å². The monoisotopic (exact) mass is 385 g/mol. The minimum absolute atomic E-state index is 0.232. The van der Waals surface area contributed by atoms with E-state index in [1.165, 1.54) is 0 Å². The molecule has 0 spiro atoms. The summed E-state index contributed by atoms with van der Waals surface area (Å²) in [5, 5.41) is 10.5. The molecule has 1 amide bonds. The van der Waals surface area contributed by atoms with Crippen molar-refractivity contribution < 1.29 is 14.3 Å². The smallest absolute Gasteiger partial charge is 0.269 e. The van der Waals surface area contributed by atoms with Gasteiger partial charge in [-0.1, -0.05) is 35.9 Å². The van der Waals surface area contributed by atoms with Gasteiger partial charge >= 0.3 is 0 Å². The lowest BCUT2D eigenvalue weighted by molar-refractivity contribution is 0.0934. The van der Waals surface area contributed by atoms with Crippen LogP contribution in [0.2, 0.25) is 5.02 Å². The molecule has 2 N–H and O–H groups in total. The summed E-state index contributed by atoms with van der Waals surface area (Å²) in [7, 11) is 3.16. The zero-order chi connectivity index (χ0) is 19.4. The zero-order valence-corrected chi connectivity index (χ0v) is 16.0. The quantitative estimate of drug-likeness (QED) is 0.665. The van der Waals surface area contributed by atoms with Crippen LogP contribution in [0.25, 0.3) is 11.3 Å².